The fourth-order valence-electron chi connectivity index (χ4n) is 0.924. The van der Waals surface area contributed by atoms with Crippen molar-refractivity contribution in [2.45, 2.75) is 6.04 Å². The van der Waals surface area contributed by atoms with Crippen LogP contribution in [0, 0.1) is 0 Å². The number of nitrogens with zero attached hydrogens (tertiary/aromatic N) is 2. The highest BCUT2D eigenvalue weighted by Gasteiger charge is 2.15. The van der Waals surface area contributed by atoms with Gasteiger partial charge in [0.05, 0.1) is 30.8 Å². The molecule has 0 aliphatic carbocycles. The third-order valence-corrected chi connectivity index (χ3v) is 2.59. The summed E-state index contributed by atoms with van der Waals surface area (Å²) < 4.78 is 23.2. The van der Waals surface area contributed by atoms with Gasteiger partial charge in [0.25, 0.3) is 0 Å². The van der Waals surface area contributed by atoms with Gasteiger partial charge in [-0.2, -0.15) is 0 Å². The van der Waals surface area contributed by atoms with Crippen molar-refractivity contribution >= 4 is 10.0 Å². The van der Waals surface area contributed by atoms with E-state index in [4.69, 9.17) is 10.8 Å². The molecule has 6 nitrogen and oxygen atoms in total. The van der Waals surface area contributed by atoms with Crippen LogP contribution in [0.2, 0.25) is 0 Å². The summed E-state index contributed by atoms with van der Waals surface area (Å²) in [5.74, 6) is 0. The predicted molar refractivity (Wildman–Crippen MR) is 46.5 cm³/mol. The molecule has 74 valence electrons. The van der Waals surface area contributed by atoms with Crippen LogP contribution >= 0.6 is 0 Å². The molecule has 0 aliphatic rings. The highest BCUT2D eigenvalue weighted by Crippen LogP contribution is 2.10. The average Bonchev–Trinajstić information content (AvgIpc) is 2.49. The second kappa shape index (κ2) is 3.44. The van der Waals surface area contributed by atoms with Gasteiger partial charge in [0.2, 0.25) is 10.0 Å². The van der Waals surface area contributed by atoms with Crippen LogP contribution in [-0.2, 0) is 10.0 Å². The summed E-state index contributed by atoms with van der Waals surface area (Å²) in [6, 6.07) is -0.725. The molecule has 0 fully saturated rings. The first-order valence-electron chi connectivity index (χ1n) is 3.56. The molecule has 0 spiro atoms. The van der Waals surface area contributed by atoms with Gasteiger partial charge in [0.1, 0.15) is 6.33 Å². The lowest BCUT2D eigenvalue weighted by Crippen LogP contribution is -2.22. The van der Waals surface area contributed by atoms with Crippen LogP contribution < -0.4 is 5.73 Å². The normalized spacial score (nSPS) is 14.4. The highest BCUT2D eigenvalue weighted by molar-refractivity contribution is 7.89. The Morgan fingerprint density at radius 3 is 2.85 bits per heavy atom. The summed E-state index contributed by atoms with van der Waals surface area (Å²) in [7, 11) is -3.38. The van der Waals surface area contributed by atoms with E-state index in [9.17, 15) is 8.42 Å². The van der Waals surface area contributed by atoms with Crippen molar-refractivity contribution < 1.29 is 13.5 Å². The van der Waals surface area contributed by atoms with Crippen LogP contribution in [0.15, 0.2) is 12.5 Å². The smallest absolute Gasteiger partial charge is 0.237 e. The lowest BCUT2D eigenvalue weighted by molar-refractivity contribution is 0.265. The van der Waals surface area contributed by atoms with Crippen molar-refractivity contribution in [1.82, 2.24) is 8.96 Å². The Morgan fingerprint density at radius 2 is 2.38 bits per heavy atom. The van der Waals surface area contributed by atoms with E-state index in [-0.39, 0.29) is 12.3 Å². The van der Waals surface area contributed by atoms with Crippen molar-refractivity contribution in [2.75, 3.05) is 12.9 Å². The zero-order valence-electron chi connectivity index (χ0n) is 7.08. The molecule has 0 saturated heterocycles. The van der Waals surface area contributed by atoms with E-state index in [0.717, 1.165) is 16.6 Å². The van der Waals surface area contributed by atoms with Gasteiger partial charge in [0.15, 0.2) is 0 Å². The summed E-state index contributed by atoms with van der Waals surface area (Å²) >= 11 is 0. The van der Waals surface area contributed by atoms with Crippen molar-refractivity contribution in [3.8, 4) is 0 Å². The molecular weight excluding hydrogens is 194 g/mol. The molecular formula is C6H11N3O3S. The topological polar surface area (TPSA) is 98.2 Å². The fraction of sp³-hybridized carbons (Fsp3) is 0.500. The molecule has 1 rings (SSSR count). The van der Waals surface area contributed by atoms with Crippen molar-refractivity contribution in [1.29, 1.82) is 0 Å². The molecule has 0 saturated carbocycles. The molecule has 0 aromatic carbocycles. The second-order valence-corrected chi connectivity index (χ2v) is 4.53. The van der Waals surface area contributed by atoms with Crippen LogP contribution in [0.1, 0.15) is 11.7 Å². The van der Waals surface area contributed by atoms with Crippen molar-refractivity contribution in [3.05, 3.63) is 18.2 Å². The van der Waals surface area contributed by atoms with E-state index in [1.54, 1.807) is 0 Å². The number of aliphatic hydroxyl groups is 1. The van der Waals surface area contributed by atoms with Crippen molar-refractivity contribution in [3.63, 3.8) is 0 Å². The monoisotopic (exact) mass is 205 g/mol. The lowest BCUT2D eigenvalue weighted by Gasteiger charge is -2.09. The zero-order chi connectivity index (χ0) is 10.1. The molecule has 3 N–H and O–H groups in total. The molecule has 0 bridgehead atoms. The minimum absolute atomic E-state index is 0.282. The molecule has 0 amide bonds. The molecule has 7 heteroatoms. The Morgan fingerprint density at radius 1 is 1.77 bits per heavy atom. The Kier molecular flexibility index (Phi) is 2.69. The van der Waals surface area contributed by atoms with Gasteiger partial charge in [-0.1, -0.05) is 0 Å². The Hall–Kier alpha value is -0.920. The standard InChI is InChI=1S/C6H11N3O3S/c1-13(11,12)9-4-8-2-6(9)5(7)3-10/h2,4-5,10H,3,7H2,1H3. The number of hydrogen-bond acceptors (Lipinski definition) is 5. The molecule has 1 atom stereocenters. The molecule has 1 aromatic rings. The van der Waals surface area contributed by atoms with E-state index < -0.39 is 16.1 Å². The van der Waals surface area contributed by atoms with E-state index in [1.165, 1.54) is 6.20 Å². The highest BCUT2D eigenvalue weighted by atomic mass is 32.2. The summed E-state index contributed by atoms with van der Waals surface area (Å²) in [5, 5.41) is 8.74. The SMILES string of the molecule is CS(=O)(=O)n1cncc1C(N)CO. The quantitative estimate of drug-likeness (QED) is 0.638. The third kappa shape index (κ3) is 2.06. The van der Waals surface area contributed by atoms with Gasteiger partial charge in [-0.15, -0.1) is 0 Å². The number of aliphatic hydroxyl groups excluding tert-OH is 1. The van der Waals surface area contributed by atoms with Gasteiger partial charge in [-0.25, -0.2) is 17.4 Å². The first kappa shape index (κ1) is 10.2. The van der Waals surface area contributed by atoms with Gasteiger partial charge in [0, 0.05) is 0 Å². The van der Waals surface area contributed by atoms with Gasteiger partial charge < -0.3 is 10.8 Å². The number of imidazole rings is 1. The lowest BCUT2D eigenvalue weighted by atomic mass is 10.3. The maximum absolute atomic E-state index is 11.1. The van der Waals surface area contributed by atoms with E-state index in [0.29, 0.717) is 0 Å². The first-order chi connectivity index (χ1) is 5.96. The number of hydrogen-bond donors (Lipinski definition) is 2. The summed E-state index contributed by atoms with van der Waals surface area (Å²) in [6.45, 7) is -0.318. The predicted octanol–water partition coefficient (Wildman–Crippen LogP) is -1.32. The molecule has 13 heavy (non-hydrogen) atoms. The summed E-state index contributed by atoms with van der Waals surface area (Å²) in [4.78, 5) is 3.65. The van der Waals surface area contributed by atoms with Gasteiger partial charge in [-0.3, -0.25) is 0 Å². The molecule has 0 aliphatic heterocycles. The Bertz CT molecular complexity index is 384. The summed E-state index contributed by atoms with van der Waals surface area (Å²) in [6.07, 6.45) is 3.52. The number of nitrogens with two attached hydrogens (primary N) is 1. The third-order valence-electron chi connectivity index (χ3n) is 1.57. The zero-order valence-corrected chi connectivity index (χ0v) is 7.90. The number of rotatable bonds is 3. The van der Waals surface area contributed by atoms with Gasteiger partial charge >= 0.3 is 0 Å². The van der Waals surface area contributed by atoms with Crippen LogP contribution in [0.5, 0.6) is 0 Å². The summed E-state index contributed by atoms with van der Waals surface area (Å²) in [5.41, 5.74) is 5.74. The Labute approximate surface area is 76.1 Å². The minimum atomic E-state index is -3.38. The average molecular weight is 205 g/mol. The maximum Gasteiger partial charge on any atom is 0.237 e. The van der Waals surface area contributed by atoms with Crippen LogP contribution in [0.25, 0.3) is 0 Å². The van der Waals surface area contributed by atoms with E-state index in [2.05, 4.69) is 4.98 Å². The Balaban J connectivity index is 3.18. The number of aromatic nitrogens is 2. The molecule has 1 heterocycles. The molecule has 1 unspecified atom stereocenters. The largest absolute Gasteiger partial charge is 0.394 e. The second-order valence-electron chi connectivity index (χ2n) is 2.67. The first-order valence-corrected chi connectivity index (χ1v) is 5.41. The van der Waals surface area contributed by atoms with Crippen LogP contribution in [-0.4, -0.2) is 35.3 Å². The maximum atomic E-state index is 11.1. The minimum Gasteiger partial charge on any atom is -0.394 e. The molecule has 1 aromatic heterocycles. The van der Waals surface area contributed by atoms with Crippen LogP contribution in [0.4, 0.5) is 0 Å². The van der Waals surface area contributed by atoms with Crippen LogP contribution in [0.3, 0.4) is 0 Å². The molecule has 0 radical (unpaired) electrons. The fourth-order valence-corrected chi connectivity index (χ4v) is 1.71. The van der Waals surface area contributed by atoms with Gasteiger partial charge in [-0.05, 0) is 0 Å². The van der Waals surface area contributed by atoms with E-state index in [1.807, 2.05) is 0 Å². The van der Waals surface area contributed by atoms with Crippen molar-refractivity contribution in [2.24, 2.45) is 5.73 Å². The van der Waals surface area contributed by atoms with E-state index >= 15 is 0 Å².